The van der Waals surface area contributed by atoms with Gasteiger partial charge in [-0.2, -0.15) is 9.97 Å². The standard InChI is InChI=1S/C17H14BrFN4O5S2/c1-23-15(25)10(29-17(23)26)4-7-3-9(13(24)12(19)11(7)18)28-6-8-5-21-16(30(2)27)22-14(8)20/h3-5,24H,6H2,1-2H3,(H2,20,21,22)/b10-4-. The maximum Gasteiger partial charge on any atom is 0.344 e. The van der Waals surface area contributed by atoms with E-state index in [9.17, 15) is 23.6 Å². The van der Waals surface area contributed by atoms with Crippen molar-refractivity contribution in [2.24, 2.45) is 0 Å². The third kappa shape index (κ3) is 4.38. The van der Waals surface area contributed by atoms with Crippen LogP contribution in [0.1, 0.15) is 11.1 Å². The number of likely N-dealkylation sites (N-methyl/N-ethyl adjacent to an activating group) is 1. The fourth-order valence-electron chi connectivity index (χ4n) is 2.32. The summed E-state index contributed by atoms with van der Waals surface area (Å²) >= 11 is 2.33. The number of nitrogens with two attached hydrogens (primary N) is 1. The predicted octanol–water partition coefficient (Wildman–Crippen LogP) is 2.65. The van der Waals surface area contributed by atoms with Gasteiger partial charge in [0.1, 0.15) is 18.7 Å². The van der Waals surface area contributed by atoms with E-state index in [-0.39, 0.29) is 38.3 Å². The summed E-state index contributed by atoms with van der Waals surface area (Å²) in [4.78, 5) is 32.6. The molecule has 30 heavy (non-hydrogen) atoms. The highest BCUT2D eigenvalue weighted by molar-refractivity contribution is 9.10. The Morgan fingerprint density at radius 2 is 2.20 bits per heavy atom. The van der Waals surface area contributed by atoms with Crippen LogP contribution in [-0.2, 0) is 22.6 Å². The largest absolute Gasteiger partial charge is 0.609 e. The minimum Gasteiger partial charge on any atom is -0.609 e. The Labute approximate surface area is 185 Å². The van der Waals surface area contributed by atoms with Crippen LogP contribution < -0.4 is 10.5 Å². The molecule has 1 aromatic carbocycles. The molecule has 1 aromatic heterocycles. The van der Waals surface area contributed by atoms with Crippen LogP contribution in [0.2, 0.25) is 0 Å². The van der Waals surface area contributed by atoms with Gasteiger partial charge in [0.15, 0.2) is 17.3 Å². The van der Waals surface area contributed by atoms with E-state index in [4.69, 9.17) is 10.5 Å². The first-order chi connectivity index (χ1) is 14.1. The zero-order valence-electron chi connectivity index (χ0n) is 15.5. The van der Waals surface area contributed by atoms with E-state index in [1.165, 1.54) is 31.6 Å². The molecular weight excluding hydrogens is 503 g/mol. The molecule has 1 saturated heterocycles. The number of phenolic OH excluding ortho intramolecular Hbond substituents is 1. The molecule has 0 radical (unpaired) electrons. The van der Waals surface area contributed by atoms with Gasteiger partial charge >= 0.3 is 5.16 Å². The van der Waals surface area contributed by atoms with Gasteiger partial charge in [-0.25, -0.2) is 4.39 Å². The lowest BCUT2D eigenvalue weighted by Crippen LogP contribution is -2.22. The van der Waals surface area contributed by atoms with Crippen LogP contribution in [0.4, 0.5) is 15.0 Å². The third-order valence-corrected chi connectivity index (χ3v) is 6.44. The Hall–Kier alpha value is -2.35. The Morgan fingerprint density at radius 3 is 2.77 bits per heavy atom. The van der Waals surface area contributed by atoms with E-state index >= 15 is 0 Å². The summed E-state index contributed by atoms with van der Waals surface area (Å²) in [5, 5.41) is 9.68. The van der Waals surface area contributed by atoms with Gasteiger partial charge in [-0.15, -0.1) is 0 Å². The van der Waals surface area contributed by atoms with E-state index in [0.29, 0.717) is 17.3 Å². The lowest BCUT2D eigenvalue weighted by Gasteiger charge is -2.13. The quantitative estimate of drug-likeness (QED) is 0.348. The number of nitrogens with zero attached hydrogens (tertiary/aromatic N) is 3. The normalized spacial score (nSPS) is 16.4. The number of nitrogen functional groups attached to an aromatic ring is 1. The zero-order valence-corrected chi connectivity index (χ0v) is 18.7. The first-order valence-corrected chi connectivity index (χ1v) is 11.3. The zero-order chi connectivity index (χ0) is 22.2. The molecule has 9 nitrogen and oxygen atoms in total. The van der Waals surface area contributed by atoms with Crippen LogP contribution in [0.15, 0.2) is 26.8 Å². The van der Waals surface area contributed by atoms with Gasteiger partial charge in [0, 0.05) is 24.4 Å². The number of ether oxygens (including phenoxy) is 1. The van der Waals surface area contributed by atoms with Crippen molar-refractivity contribution in [2.45, 2.75) is 11.8 Å². The summed E-state index contributed by atoms with van der Waals surface area (Å²) in [6, 6.07) is 1.30. The van der Waals surface area contributed by atoms with Crippen molar-refractivity contribution in [1.29, 1.82) is 0 Å². The van der Waals surface area contributed by atoms with Gasteiger partial charge in [-0.1, -0.05) is 0 Å². The average molecular weight is 517 g/mol. The molecule has 1 unspecified atom stereocenters. The first kappa shape index (κ1) is 22.3. The topological polar surface area (TPSA) is 142 Å². The van der Waals surface area contributed by atoms with E-state index in [0.717, 1.165) is 4.90 Å². The maximum absolute atomic E-state index is 14.5. The summed E-state index contributed by atoms with van der Waals surface area (Å²) < 4.78 is 31.2. The number of phenols is 1. The van der Waals surface area contributed by atoms with Crippen molar-refractivity contribution < 1.29 is 28.4 Å². The lowest BCUT2D eigenvalue weighted by molar-refractivity contribution is -0.121. The Morgan fingerprint density at radius 1 is 1.50 bits per heavy atom. The molecule has 0 aliphatic carbocycles. The number of aromatic nitrogens is 2. The smallest absolute Gasteiger partial charge is 0.344 e. The highest BCUT2D eigenvalue weighted by atomic mass is 79.9. The lowest BCUT2D eigenvalue weighted by atomic mass is 10.1. The average Bonchev–Trinajstić information content (AvgIpc) is 2.94. The fourth-order valence-corrected chi connectivity index (χ4v) is 3.98. The number of imide groups is 1. The number of carbonyl (C=O) groups excluding carboxylic acids is 2. The number of carbonyl (C=O) groups is 2. The second kappa shape index (κ2) is 8.79. The maximum atomic E-state index is 14.5. The van der Waals surface area contributed by atoms with E-state index < -0.39 is 33.9 Å². The summed E-state index contributed by atoms with van der Waals surface area (Å²) in [7, 11) is 1.34. The van der Waals surface area contributed by atoms with Crippen molar-refractivity contribution in [3.8, 4) is 11.5 Å². The van der Waals surface area contributed by atoms with Crippen LogP contribution in [0, 0.1) is 5.82 Å². The van der Waals surface area contributed by atoms with Crippen molar-refractivity contribution in [3.05, 3.63) is 38.6 Å². The number of anilines is 1. The second-order valence-electron chi connectivity index (χ2n) is 5.99. The molecular formula is C17H14BrFN4O5S2. The number of halogens is 2. The van der Waals surface area contributed by atoms with Crippen LogP contribution in [0.25, 0.3) is 6.08 Å². The molecule has 2 amide bonds. The van der Waals surface area contributed by atoms with E-state index in [1.54, 1.807) is 0 Å². The molecule has 0 spiro atoms. The Bertz CT molecular complexity index is 1080. The van der Waals surface area contributed by atoms with Crippen LogP contribution in [0.3, 0.4) is 0 Å². The summed E-state index contributed by atoms with van der Waals surface area (Å²) in [6.45, 7) is -0.206. The van der Waals surface area contributed by atoms with Crippen molar-refractivity contribution in [3.63, 3.8) is 0 Å². The van der Waals surface area contributed by atoms with Gasteiger partial charge < -0.3 is 20.1 Å². The minimum absolute atomic E-state index is 0.0316. The number of thioether (sulfide) groups is 1. The Balaban J connectivity index is 1.89. The molecule has 2 aromatic rings. The fraction of sp³-hybridized carbons (Fsp3) is 0.176. The van der Waals surface area contributed by atoms with Gasteiger partial charge in [0.05, 0.1) is 14.9 Å². The molecule has 1 fully saturated rings. The molecule has 0 saturated carbocycles. The number of benzene rings is 1. The molecule has 1 aliphatic rings. The summed E-state index contributed by atoms with van der Waals surface area (Å²) in [6.07, 6.45) is 4.04. The molecule has 1 atom stereocenters. The van der Waals surface area contributed by atoms with Gasteiger partial charge in [0.25, 0.3) is 11.1 Å². The molecule has 158 valence electrons. The predicted molar refractivity (Wildman–Crippen MR) is 113 cm³/mol. The van der Waals surface area contributed by atoms with Gasteiger partial charge in [-0.05, 0) is 45.4 Å². The van der Waals surface area contributed by atoms with Crippen LogP contribution >= 0.6 is 27.7 Å². The van der Waals surface area contributed by atoms with E-state index in [2.05, 4.69) is 25.9 Å². The highest BCUT2D eigenvalue weighted by Gasteiger charge is 2.32. The summed E-state index contributed by atoms with van der Waals surface area (Å²) in [5.74, 6) is -2.47. The highest BCUT2D eigenvalue weighted by Crippen LogP contribution is 2.40. The second-order valence-corrected chi connectivity index (χ2v) is 9.05. The number of rotatable bonds is 5. The van der Waals surface area contributed by atoms with Crippen LogP contribution in [0.5, 0.6) is 11.5 Å². The third-order valence-electron chi connectivity index (χ3n) is 3.96. The minimum atomic E-state index is -1.41. The molecule has 1 aliphatic heterocycles. The van der Waals surface area contributed by atoms with Gasteiger partial charge in [-0.3, -0.25) is 14.5 Å². The van der Waals surface area contributed by atoms with Crippen LogP contribution in [-0.4, -0.2) is 49.0 Å². The van der Waals surface area contributed by atoms with Crippen molar-refractivity contribution in [1.82, 2.24) is 14.9 Å². The number of aromatic hydroxyl groups is 1. The molecule has 0 bridgehead atoms. The molecule has 3 N–H and O–H groups in total. The molecule has 3 rings (SSSR count). The number of hydrogen-bond donors (Lipinski definition) is 2. The first-order valence-electron chi connectivity index (χ1n) is 8.10. The molecule has 13 heteroatoms. The van der Waals surface area contributed by atoms with E-state index in [1.807, 2.05) is 0 Å². The molecule has 2 heterocycles. The number of hydrogen-bond acceptors (Lipinski definition) is 9. The SMILES string of the molecule is CN1C(=O)S/C(=C\c2cc(OCc3cnc([S+](C)[O-])nc3N)c(O)c(F)c2Br)C1=O. The monoisotopic (exact) mass is 516 g/mol. The van der Waals surface area contributed by atoms with Crippen molar-refractivity contribution in [2.75, 3.05) is 19.0 Å². The summed E-state index contributed by atoms with van der Waals surface area (Å²) in [5.41, 5.74) is 6.31. The number of amides is 2. The van der Waals surface area contributed by atoms with Crippen molar-refractivity contribution >= 4 is 61.9 Å². The van der Waals surface area contributed by atoms with Gasteiger partial charge in [0.2, 0.25) is 0 Å². The Kier molecular flexibility index (Phi) is 6.55.